The van der Waals surface area contributed by atoms with Crippen molar-refractivity contribution in [1.29, 1.82) is 0 Å². The summed E-state index contributed by atoms with van der Waals surface area (Å²) in [5.74, 6) is -0.609. The van der Waals surface area contributed by atoms with Gasteiger partial charge in [0.2, 0.25) is 0 Å². The maximum absolute atomic E-state index is 14.6. The van der Waals surface area contributed by atoms with E-state index in [1.54, 1.807) is 25.3 Å². The Kier molecular flexibility index (Phi) is 7.19. The zero-order chi connectivity index (χ0) is 25.3. The summed E-state index contributed by atoms with van der Waals surface area (Å²) in [6, 6.07) is 5.73. The van der Waals surface area contributed by atoms with Crippen molar-refractivity contribution >= 4 is 25.1 Å². The number of aromatic nitrogens is 2. The lowest BCUT2D eigenvalue weighted by atomic mass is 10.0. The minimum atomic E-state index is -1.28. The number of fused-ring (bicyclic) bond motifs is 1. The monoisotopic (exact) mass is 500 g/mol. The molecule has 1 aromatic carbocycles. The number of hydrogen-bond donors (Lipinski definition) is 1. The van der Waals surface area contributed by atoms with Gasteiger partial charge < -0.3 is 23.9 Å². The predicted octanol–water partition coefficient (Wildman–Crippen LogP) is 5.96. The van der Waals surface area contributed by atoms with Gasteiger partial charge in [0.25, 0.3) is 0 Å². The molecule has 4 rings (SSSR count). The molecule has 3 aromatic rings. The molecule has 0 atom stereocenters. The van der Waals surface area contributed by atoms with Crippen molar-refractivity contribution in [3.05, 3.63) is 41.5 Å². The summed E-state index contributed by atoms with van der Waals surface area (Å²) < 4.78 is 33.8. The van der Waals surface area contributed by atoms with Crippen LogP contribution in [0.15, 0.2) is 24.4 Å². The number of pyridine rings is 1. The van der Waals surface area contributed by atoms with Crippen molar-refractivity contribution in [2.75, 3.05) is 20.3 Å². The quantitative estimate of drug-likeness (QED) is 0.258. The van der Waals surface area contributed by atoms with Gasteiger partial charge in [0, 0.05) is 43.8 Å². The number of carbonyl (C=O) groups is 1. The molecule has 9 heteroatoms. The molecule has 188 valence electrons. The molecule has 1 aliphatic rings. The molecule has 35 heavy (non-hydrogen) atoms. The number of ether oxygens (including phenoxy) is 3. The number of benzene rings is 1. The van der Waals surface area contributed by atoms with Crippen LogP contribution in [0.3, 0.4) is 0 Å². The molecule has 0 saturated heterocycles. The van der Waals surface area contributed by atoms with Gasteiger partial charge >= 0.3 is 5.97 Å². The van der Waals surface area contributed by atoms with Crippen LogP contribution >= 0.6 is 0 Å². The standard InChI is InChI=1S/C26H33FN2O5Si/c1-16-23(26(30)31)24-25(29(16)15-33-10-11-35(3,4)5)18(8-9-28-24)19-12-22(32-2)20(27)13-21(19)34-14-17-6-7-17/h8-9,12-13,17H,6-7,10-11,14-15H2,1-5H3,(H,30,31). The molecule has 1 saturated carbocycles. The molecule has 0 bridgehead atoms. The average Bonchev–Trinajstić information content (AvgIpc) is 3.57. The van der Waals surface area contributed by atoms with E-state index in [0.717, 1.165) is 18.9 Å². The first kappa shape index (κ1) is 25.2. The second-order valence-corrected chi connectivity index (χ2v) is 16.0. The normalized spacial score (nSPS) is 13.9. The Hall–Kier alpha value is -2.91. The maximum atomic E-state index is 14.6. The first-order valence-corrected chi connectivity index (χ1v) is 15.6. The van der Waals surface area contributed by atoms with Crippen molar-refractivity contribution in [3.8, 4) is 22.6 Å². The summed E-state index contributed by atoms with van der Waals surface area (Å²) in [7, 11) is 0.131. The van der Waals surface area contributed by atoms with Crippen molar-refractivity contribution in [3.63, 3.8) is 0 Å². The van der Waals surface area contributed by atoms with Crippen LogP contribution in [0.5, 0.6) is 11.5 Å². The van der Waals surface area contributed by atoms with Crippen molar-refractivity contribution in [2.24, 2.45) is 5.92 Å². The lowest BCUT2D eigenvalue weighted by molar-refractivity contribution is 0.0694. The van der Waals surface area contributed by atoms with Crippen LogP contribution in [0.25, 0.3) is 22.2 Å². The van der Waals surface area contributed by atoms with Crippen LogP contribution < -0.4 is 9.47 Å². The number of rotatable bonds is 11. The Balaban J connectivity index is 1.85. The van der Waals surface area contributed by atoms with Crippen LogP contribution in [-0.2, 0) is 11.5 Å². The Labute approximate surface area is 205 Å². The predicted molar refractivity (Wildman–Crippen MR) is 136 cm³/mol. The van der Waals surface area contributed by atoms with E-state index < -0.39 is 19.9 Å². The first-order chi connectivity index (χ1) is 16.6. The molecular formula is C26H33FN2O5Si. The molecule has 0 spiro atoms. The smallest absolute Gasteiger partial charge is 0.339 e. The van der Waals surface area contributed by atoms with E-state index in [1.807, 2.05) is 4.57 Å². The summed E-state index contributed by atoms with van der Waals surface area (Å²) in [5.41, 5.74) is 2.95. The largest absolute Gasteiger partial charge is 0.494 e. The van der Waals surface area contributed by atoms with Crippen LogP contribution in [0.1, 0.15) is 28.9 Å². The van der Waals surface area contributed by atoms with Gasteiger partial charge in [-0.05, 0) is 43.9 Å². The van der Waals surface area contributed by atoms with Gasteiger partial charge in [0.15, 0.2) is 11.6 Å². The molecule has 2 heterocycles. The van der Waals surface area contributed by atoms with Gasteiger partial charge in [-0.2, -0.15) is 0 Å². The molecule has 0 aliphatic heterocycles. The van der Waals surface area contributed by atoms with Crippen molar-refractivity contribution in [2.45, 2.75) is 52.2 Å². The third-order valence-corrected chi connectivity index (χ3v) is 8.05. The van der Waals surface area contributed by atoms with E-state index in [1.165, 1.54) is 13.2 Å². The number of carboxylic acids is 1. The van der Waals surface area contributed by atoms with Crippen LogP contribution in [0.2, 0.25) is 25.7 Å². The SMILES string of the molecule is COc1cc(-c2ccnc3c(C(=O)O)c(C)n(COCC[Si](C)(C)C)c23)c(OCC2CC2)cc1F. The van der Waals surface area contributed by atoms with Crippen molar-refractivity contribution in [1.82, 2.24) is 9.55 Å². The van der Waals surface area contributed by atoms with Crippen LogP contribution in [0.4, 0.5) is 4.39 Å². The van der Waals surface area contributed by atoms with E-state index in [-0.39, 0.29) is 18.0 Å². The number of aromatic carboxylic acids is 1. The average molecular weight is 501 g/mol. The molecular weight excluding hydrogens is 467 g/mol. The Morgan fingerprint density at radius 3 is 2.60 bits per heavy atom. The number of nitrogens with zero attached hydrogens (tertiary/aromatic N) is 2. The van der Waals surface area contributed by atoms with E-state index in [9.17, 15) is 14.3 Å². The molecule has 1 fully saturated rings. The number of methoxy groups -OCH3 is 1. The summed E-state index contributed by atoms with van der Waals surface area (Å²) in [4.78, 5) is 16.6. The van der Waals surface area contributed by atoms with Gasteiger partial charge in [0.05, 0.1) is 19.2 Å². The third kappa shape index (κ3) is 5.51. The molecule has 1 aliphatic carbocycles. The fourth-order valence-corrected chi connectivity index (χ4v) is 4.82. The van der Waals surface area contributed by atoms with Crippen LogP contribution in [-0.4, -0.2) is 49.0 Å². The minimum Gasteiger partial charge on any atom is -0.494 e. The topological polar surface area (TPSA) is 82.8 Å². The fraction of sp³-hybridized carbons (Fsp3) is 0.462. The van der Waals surface area contributed by atoms with E-state index in [0.29, 0.717) is 52.7 Å². The Morgan fingerprint density at radius 2 is 1.97 bits per heavy atom. The Bertz CT molecular complexity index is 1250. The molecule has 0 amide bonds. The molecule has 1 N–H and O–H groups in total. The van der Waals surface area contributed by atoms with E-state index in [2.05, 4.69) is 24.6 Å². The highest BCUT2D eigenvalue weighted by atomic mass is 28.3. The highest BCUT2D eigenvalue weighted by molar-refractivity contribution is 6.76. The van der Waals surface area contributed by atoms with Gasteiger partial charge in [-0.25, -0.2) is 9.18 Å². The highest BCUT2D eigenvalue weighted by Gasteiger charge is 2.27. The third-order valence-electron chi connectivity index (χ3n) is 6.34. The summed E-state index contributed by atoms with van der Waals surface area (Å²) in [6.07, 6.45) is 3.78. The molecule has 0 radical (unpaired) electrons. The van der Waals surface area contributed by atoms with Gasteiger partial charge in [-0.3, -0.25) is 4.98 Å². The lowest BCUT2D eigenvalue weighted by Gasteiger charge is -2.18. The van der Waals surface area contributed by atoms with Crippen molar-refractivity contribution < 1.29 is 28.5 Å². The molecule has 7 nitrogen and oxygen atoms in total. The maximum Gasteiger partial charge on any atom is 0.339 e. The first-order valence-electron chi connectivity index (χ1n) is 11.9. The zero-order valence-corrected chi connectivity index (χ0v) is 22.0. The van der Waals surface area contributed by atoms with E-state index in [4.69, 9.17) is 14.2 Å². The summed E-state index contributed by atoms with van der Waals surface area (Å²) >= 11 is 0. The van der Waals surface area contributed by atoms with Gasteiger partial charge in [0.1, 0.15) is 23.6 Å². The number of carboxylic acid groups (broad SMARTS) is 1. The second kappa shape index (κ2) is 9.99. The summed E-state index contributed by atoms with van der Waals surface area (Å²) in [5, 5.41) is 9.96. The minimum absolute atomic E-state index is 0.0865. The molecule has 0 unspecified atom stereocenters. The summed E-state index contributed by atoms with van der Waals surface area (Å²) in [6.45, 7) is 9.88. The lowest BCUT2D eigenvalue weighted by Crippen LogP contribution is -2.22. The highest BCUT2D eigenvalue weighted by Crippen LogP contribution is 2.41. The zero-order valence-electron chi connectivity index (χ0n) is 21.0. The van der Waals surface area contributed by atoms with E-state index >= 15 is 0 Å². The second-order valence-electron chi connectivity index (χ2n) is 10.3. The number of hydrogen-bond acceptors (Lipinski definition) is 5. The van der Waals surface area contributed by atoms with Gasteiger partial charge in [-0.1, -0.05) is 19.6 Å². The molecule has 2 aromatic heterocycles. The number of halogens is 1. The fourth-order valence-electron chi connectivity index (χ4n) is 4.07. The Morgan fingerprint density at radius 1 is 1.23 bits per heavy atom. The van der Waals surface area contributed by atoms with Gasteiger partial charge in [-0.15, -0.1) is 0 Å². The van der Waals surface area contributed by atoms with Crippen LogP contribution in [0, 0.1) is 18.7 Å².